The summed E-state index contributed by atoms with van der Waals surface area (Å²) >= 11 is 1.83. The molecule has 0 bridgehead atoms. The van der Waals surface area contributed by atoms with E-state index >= 15 is 0 Å². The highest BCUT2D eigenvalue weighted by atomic mass is 32.2. The average Bonchev–Trinajstić information content (AvgIpc) is 3.06. The van der Waals surface area contributed by atoms with Gasteiger partial charge in [-0.3, -0.25) is 4.79 Å². The van der Waals surface area contributed by atoms with Crippen molar-refractivity contribution in [3.63, 3.8) is 0 Å². The van der Waals surface area contributed by atoms with Crippen molar-refractivity contribution in [2.45, 2.75) is 19.3 Å². The third-order valence-electron chi connectivity index (χ3n) is 3.73. The zero-order valence-corrected chi connectivity index (χ0v) is 14.3. The SMILES string of the molecule is O=C(CCSCCCc1ccccc1)Nc1ccc2c(c1)OCO2. The fraction of sp³-hybridized carbons (Fsp3) is 0.316. The van der Waals surface area contributed by atoms with Crippen molar-refractivity contribution in [2.75, 3.05) is 23.6 Å². The fourth-order valence-corrected chi connectivity index (χ4v) is 3.37. The molecule has 0 fully saturated rings. The Hall–Kier alpha value is -2.14. The van der Waals surface area contributed by atoms with Crippen LogP contribution in [0.5, 0.6) is 11.5 Å². The van der Waals surface area contributed by atoms with Crippen LogP contribution in [0.4, 0.5) is 5.69 Å². The van der Waals surface area contributed by atoms with Crippen LogP contribution in [0.25, 0.3) is 0 Å². The average molecular weight is 343 g/mol. The molecule has 0 saturated carbocycles. The molecule has 24 heavy (non-hydrogen) atoms. The largest absolute Gasteiger partial charge is 0.454 e. The van der Waals surface area contributed by atoms with Crippen molar-refractivity contribution in [1.82, 2.24) is 0 Å². The summed E-state index contributed by atoms with van der Waals surface area (Å²) in [7, 11) is 0. The van der Waals surface area contributed by atoms with Gasteiger partial charge < -0.3 is 14.8 Å². The molecule has 1 heterocycles. The maximum atomic E-state index is 12.0. The van der Waals surface area contributed by atoms with E-state index < -0.39 is 0 Å². The summed E-state index contributed by atoms with van der Waals surface area (Å²) in [4.78, 5) is 12.0. The van der Waals surface area contributed by atoms with Crippen molar-refractivity contribution >= 4 is 23.4 Å². The van der Waals surface area contributed by atoms with Gasteiger partial charge in [-0.15, -0.1) is 0 Å². The first-order valence-electron chi connectivity index (χ1n) is 8.12. The number of rotatable bonds is 8. The predicted molar refractivity (Wildman–Crippen MR) is 97.9 cm³/mol. The molecule has 1 aliphatic rings. The molecule has 1 amide bonds. The molecular formula is C19H21NO3S. The lowest BCUT2D eigenvalue weighted by Gasteiger charge is -2.06. The second kappa shape index (κ2) is 8.64. The van der Waals surface area contributed by atoms with Gasteiger partial charge in [-0.1, -0.05) is 30.3 Å². The highest BCUT2D eigenvalue weighted by Crippen LogP contribution is 2.34. The third-order valence-corrected chi connectivity index (χ3v) is 4.80. The molecule has 1 N–H and O–H groups in total. The molecule has 0 aliphatic carbocycles. The minimum absolute atomic E-state index is 0.0319. The van der Waals surface area contributed by atoms with E-state index in [9.17, 15) is 4.79 Å². The molecule has 0 aromatic heterocycles. The lowest BCUT2D eigenvalue weighted by atomic mass is 10.1. The molecule has 0 radical (unpaired) electrons. The van der Waals surface area contributed by atoms with E-state index in [0.29, 0.717) is 12.2 Å². The fourth-order valence-electron chi connectivity index (χ4n) is 2.49. The Labute approximate surface area is 146 Å². The number of nitrogens with one attached hydrogen (secondary N) is 1. The Morgan fingerprint density at radius 3 is 2.75 bits per heavy atom. The number of carbonyl (C=O) groups is 1. The van der Waals surface area contributed by atoms with Crippen molar-refractivity contribution in [3.8, 4) is 11.5 Å². The Kier molecular flexibility index (Phi) is 6.01. The van der Waals surface area contributed by atoms with Crippen LogP contribution < -0.4 is 14.8 Å². The molecule has 2 aromatic rings. The summed E-state index contributed by atoms with van der Waals surface area (Å²) in [6.45, 7) is 0.242. The zero-order valence-electron chi connectivity index (χ0n) is 13.5. The van der Waals surface area contributed by atoms with Gasteiger partial charge in [-0.2, -0.15) is 11.8 Å². The summed E-state index contributed by atoms with van der Waals surface area (Å²) in [5, 5.41) is 2.90. The molecule has 0 atom stereocenters. The first-order valence-corrected chi connectivity index (χ1v) is 9.28. The molecule has 2 aromatic carbocycles. The van der Waals surface area contributed by atoms with Crippen LogP contribution in [0.1, 0.15) is 18.4 Å². The molecular weight excluding hydrogens is 322 g/mol. The van der Waals surface area contributed by atoms with Gasteiger partial charge in [0.15, 0.2) is 11.5 Å². The van der Waals surface area contributed by atoms with Gasteiger partial charge >= 0.3 is 0 Å². The Morgan fingerprint density at radius 1 is 1.04 bits per heavy atom. The van der Waals surface area contributed by atoms with E-state index in [1.54, 1.807) is 6.07 Å². The minimum Gasteiger partial charge on any atom is -0.454 e. The van der Waals surface area contributed by atoms with Crippen LogP contribution in [-0.4, -0.2) is 24.2 Å². The van der Waals surface area contributed by atoms with Gasteiger partial charge in [0.25, 0.3) is 0 Å². The Morgan fingerprint density at radius 2 is 1.88 bits per heavy atom. The van der Waals surface area contributed by atoms with Crippen molar-refractivity contribution in [2.24, 2.45) is 0 Å². The number of ether oxygens (including phenoxy) is 2. The van der Waals surface area contributed by atoms with Gasteiger partial charge in [-0.05, 0) is 36.3 Å². The number of carbonyl (C=O) groups excluding carboxylic acids is 1. The topological polar surface area (TPSA) is 47.6 Å². The van der Waals surface area contributed by atoms with Crippen LogP contribution in [0.15, 0.2) is 48.5 Å². The van der Waals surface area contributed by atoms with Gasteiger partial charge in [0.2, 0.25) is 12.7 Å². The highest BCUT2D eigenvalue weighted by molar-refractivity contribution is 7.99. The van der Waals surface area contributed by atoms with Gasteiger partial charge in [0.05, 0.1) is 0 Å². The quantitative estimate of drug-likeness (QED) is 0.733. The van der Waals surface area contributed by atoms with Crippen molar-refractivity contribution in [1.29, 1.82) is 0 Å². The molecule has 0 saturated heterocycles. The molecule has 0 spiro atoms. The Bertz CT molecular complexity index is 676. The van der Waals surface area contributed by atoms with Crippen LogP contribution >= 0.6 is 11.8 Å². The molecule has 4 nitrogen and oxygen atoms in total. The molecule has 1 aliphatic heterocycles. The predicted octanol–water partition coefficient (Wildman–Crippen LogP) is 4.11. The van der Waals surface area contributed by atoms with Crippen LogP contribution in [0.3, 0.4) is 0 Å². The van der Waals surface area contributed by atoms with Crippen LogP contribution in [-0.2, 0) is 11.2 Å². The van der Waals surface area contributed by atoms with Crippen molar-refractivity contribution < 1.29 is 14.3 Å². The summed E-state index contributed by atoms with van der Waals surface area (Å²) < 4.78 is 10.6. The second-order valence-electron chi connectivity index (χ2n) is 5.57. The summed E-state index contributed by atoms with van der Waals surface area (Å²) in [5.41, 5.74) is 2.12. The maximum Gasteiger partial charge on any atom is 0.231 e. The summed E-state index contributed by atoms with van der Waals surface area (Å²) in [5.74, 6) is 3.35. The molecule has 0 unspecified atom stereocenters. The normalized spacial score (nSPS) is 12.2. The number of fused-ring (bicyclic) bond motifs is 1. The number of anilines is 1. The molecule has 5 heteroatoms. The highest BCUT2D eigenvalue weighted by Gasteiger charge is 2.13. The number of benzene rings is 2. The molecule has 3 rings (SSSR count). The van der Waals surface area contributed by atoms with Gasteiger partial charge in [0.1, 0.15) is 0 Å². The van der Waals surface area contributed by atoms with Gasteiger partial charge in [0, 0.05) is 23.9 Å². The first kappa shape index (κ1) is 16.7. The van der Waals surface area contributed by atoms with Gasteiger partial charge in [-0.25, -0.2) is 0 Å². The number of amides is 1. The first-order chi connectivity index (χ1) is 11.8. The minimum atomic E-state index is 0.0319. The smallest absolute Gasteiger partial charge is 0.231 e. The second-order valence-corrected chi connectivity index (χ2v) is 6.79. The Balaban J connectivity index is 1.30. The van der Waals surface area contributed by atoms with Crippen LogP contribution in [0.2, 0.25) is 0 Å². The number of hydrogen-bond acceptors (Lipinski definition) is 4. The lowest BCUT2D eigenvalue weighted by molar-refractivity contribution is -0.115. The summed E-state index contributed by atoms with van der Waals surface area (Å²) in [6.07, 6.45) is 2.75. The lowest BCUT2D eigenvalue weighted by Crippen LogP contribution is -2.12. The maximum absolute atomic E-state index is 12.0. The standard InChI is InChI=1S/C19H21NO3S/c21-19(20-16-8-9-17-18(13-16)23-14-22-17)10-12-24-11-4-7-15-5-2-1-3-6-15/h1-3,5-6,8-9,13H,4,7,10-12,14H2,(H,20,21). The van der Waals surface area contributed by atoms with E-state index in [1.165, 1.54) is 5.56 Å². The molecule has 126 valence electrons. The third kappa shape index (κ3) is 4.93. The number of aryl methyl sites for hydroxylation is 1. The van der Waals surface area contributed by atoms with E-state index in [2.05, 4.69) is 29.6 Å². The van der Waals surface area contributed by atoms with E-state index in [-0.39, 0.29) is 12.7 Å². The summed E-state index contributed by atoms with van der Waals surface area (Å²) in [6, 6.07) is 15.9. The zero-order chi connectivity index (χ0) is 16.6. The number of thioether (sulfide) groups is 1. The van der Waals surface area contributed by atoms with E-state index in [0.717, 1.165) is 35.8 Å². The van der Waals surface area contributed by atoms with Crippen molar-refractivity contribution in [3.05, 3.63) is 54.1 Å². The van der Waals surface area contributed by atoms with E-state index in [1.807, 2.05) is 30.0 Å². The van der Waals surface area contributed by atoms with E-state index in [4.69, 9.17) is 9.47 Å². The number of hydrogen-bond donors (Lipinski definition) is 1. The monoisotopic (exact) mass is 343 g/mol. The van der Waals surface area contributed by atoms with Crippen LogP contribution in [0, 0.1) is 0 Å².